The highest BCUT2D eigenvalue weighted by Crippen LogP contribution is 2.22. The summed E-state index contributed by atoms with van der Waals surface area (Å²) >= 11 is 0. The van der Waals surface area contributed by atoms with Crippen molar-refractivity contribution >= 4 is 28.6 Å². The third kappa shape index (κ3) is 5.08. The van der Waals surface area contributed by atoms with E-state index in [1.807, 2.05) is 32.2 Å². The Kier molecular flexibility index (Phi) is 7.23. The van der Waals surface area contributed by atoms with Gasteiger partial charge in [0.15, 0.2) is 0 Å². The molecule has 1 aromatic heterocycles. The van der Waals surface area contributed by atoms with E-state index in [0.29, 0.717) is 6.54 Å². The molecule has 26 heavy (non-hydrogen) atoms. The minimum atomic E-state index is 0. The number of para-hydroxylation sites is 1. The van der Waals surface area contributed by atoms with Gasteiger partial charge in [-0.15, -0.1) is 17.0 Å². The van der Waals surface area contributed by atoms with E-state index < -0.39 is 0 Å². The van der Waals surface area contributed by atoms with Crippen molar-refractivity contribution in [3.8, 4) is 5.75 Å². The standard InChI is InChI=1S/C19H26N4O2.BrH/c1-14-6-4-5-7-18(14)25-16-8-10-23(11-9-16)13-19(24)21-17-12-20-22(3)15(17)2;/h4-7,12,16H,8-11,13H2,1-3H3,(H,21,24);1H. The number of ether oxygens (including phenoxy) is 1. The number of benzene rings is 1. The Labute approximate surface area is 165 Å². The molecule has 3 rings (SSSR count). The van der Waals surface area contributed by atoms with E-state index in [-0.39, 0.29) is 29.0 Å². The first-order valence-electron chi connectivity index (χ1n) is 8.76. The molecule has 0 spiro atoms. The molecule has 142 valence electrons. The van der Waals surface area contributed by atoms with Crippen LogP contribution >= 0.6 is 17.0 Å². The van der Waals surface area contributed by atoms with Crippen molar-refractivity contribution in [3.05, 3.63) is 41.7 Å². The second-order valence-electron chi connectivity index (χ2n) is 6.67. The van der Waals surface area contributed by atoms with Gasteiger partial charge < -0.3 is 10.1 Å². The average Bonchev–Trinajstić information content (AvgIpc) is 2.91. The maximum absolute atomic E-state index is 12.2. The first kappa shape index (κ1) is 20.5. The molecule has 6 nitrogen and oxygen atoms in total. The molecule has 2 aromatic rings. The molecule has 0 unspecified atom stereocenters. The van der Waals surface area contributed by atoms with Crippen molar-refractivity contribution < 1.29 is 9.53 Å². The molecule has 1 saturated heterocycles. The Morgan fingerprint density at radius 3 is 2.58 bits per heavy atom. The molecule has 1 fully saturated rings. The summed E-state index contributed by atoms with van der Waals surface area (Å²) < 4.78 is 7.87. The number of anilines is 1. The van der Waals surface area contributed by atoms with E-state index >= 15 is 0 Å². The van der Waals surface area contributed by atoms with Crippen LogP contribution in [0.4, 0.5) is 5.69 Å². The van der Waals surface area contributed by atoms with E-state index in [1.165, 1.54) is 0 Å². The maximum atomic E-state index is 12.2. The summed E-state index contributed by atoms with van der Waals surface area (Å²) in [6.45, 7) is 6.16. The fourth-order valence-corrected chi connectivity index (χ4v) is 3.07. The summed E-state index contributed by atoms with van der Waals surface area (Å²) in [5.41, 5.74) is 2.90. The number of hydrogen-bond donors (Lipinski definition) is 1. The average molecular weight is 423 g/mol. The van der Waals surface area contributed by atoms with Crippen LogP contribution in [0.1, 0.15) is 24.1 Å². The number of nitrogens with zero attached hydrogens (tertiary/aromatic N) is 3. The number of likely N-dealkylation sites (tertiary alicyclic amines) is 1. The number of aryl methyl sites for hydroxylation is 2. The van der Waals surface area contributed by atoms with Crippen LogP contribution in [0.2, 0.25) is 0 Å². The minimum Gasteiger partial charge on any atom is -0.490 e. The van der Waals surface area contributed by atoms with Crippen LogP contribution in [0.15, 0.2) is 30.5 Å². The van der Waals surface area contributed by atoms with Gasteiger partial charge in [0.25, 0.3) is 0 Å². The number of piperidine rings is 1. The van der Waals surface area contributed by atoms with Crippen LogP contribution in [0.25, 0.3) is 0 Å². The highest BCUT2D eigenvalue weighted by molar-refractivity contribution is 8.93. The molecule has 1 aliphatic heterocycles. The van der Waals surface area contributed by atoms with Gasteiger partial charge in [0.05, 0.1) is 24.1 Å². The zero-order valence-corrected chi connectivity index (χ0v) is 17.3. The lowest BCUT2D eigenvalue weighted by Crippen LogP contribution is -2.42. The predicted molar refractivity (Wildman–Crippen MR) is 108 cm³/mol. The molecule has 1 aromatic carbocycles. The van der Waals surface area contributed by atoms with E-state index in [1.54, 1.807) is 10.9 Å². The third-order valence-corrected chi connectivity index (χ3v) is 4.80. The van der Waals surface area contributed by atoms with Crippen molar-refractivity contribution in [1.82, 2.24) is 14.7 Å². The van der Waals surface area contributed by atoms with Gasteiger partial charge in [-0.1, -0.05) is 18.2 Å². The molecule has 0 saturated carbocycles. The van der Waals surface area contributed by atoms with E-state index in [4.69, 9.17) is 4.74 Å². The zero-order chi connectivity index (χ0) is 17.8. The number of rotatable bonds is 5. The number of amides is 1. The van der Waals surface area contributed by atoms with E-state index in [2.05, 4.69) is 28.3 Å². The number of halogens is 1. The van der Waals surface area contributed by atoms with Crippen LogP contribution < -0.4 is 10.1 Å². The summed E-state index contributed by atoms with van der Waals surface area (Å²) in [4.78, 5) is 14.4. The number of carbonyl (C=O) groups is 1. The third-order valence-electron chi connectivity index (χ3n) is 4.80. The quantitative estimate of drug-likeness (QED) is 0.803. The SMILES string of the molecule is Br.Cc1ccccc1OC1CCN(CC(=O)Nc2cnn(C)c2C)CC1. The van der Waals surface area contributed by atoms with Crippen LogP contribution in [-0.2, 0) is 11.8 Å². The Balaban J connectivity index is 0.00000243. The lowest BCUT2D eigenvalue weighted by molar-refractivity contribution is -0.117. The predicted octanol–water partition coefficient (Wildman–Crippen LogP) is 3.10. The normalized spacial score (nSPS) is 15.3. The number of hydrogen-bond acceptors (Lipinski definition) is 4. The van der Waals surface area contributed by atoms with Crippen LogP contribution in [0, 0.1) is 13.8 Å². The fraction of sp³-hybridized carbons (Fsp3) is 0.474. The molecule has 0 radical (unpaired) electrons. The Morgan fingerprint density at radius 2 is 1.96 bits per heavy atom. The van der Waals surface area contributed by atoms with Crippen molar-refractivity contribution in [2.45, 2.75) is 32.8 Å². The maximum Gasteiger partial charge on any atom is 0.238 e. The fourth-order valence-electron chi connectivity index (χ4n) is 3.07. The summed E-state index contributed by atoms with van der Waals surface area (Å²) in [5.74, 6) is 0.972. The van der Waals surface area contributed by atoms with Gasteiger partial charge in [0.2, 0.25) is 5.91 Å². The monoisotopic (exact) mass is 422 g/mol. The van der Waals surface area contributed by atoms with Crippen LogP contribution in [-0.4, -0.2) is 46.3 Å². The summed E-state index contributed by atoms with van der Waals surface area (Å²) in [6.07, 6.45) is 3.79. The lowest BCUT2D eigenvalue weighted by Gasteiger charge is -2.31. The van der Waals surface area contributed by atoms with Crippen LogP contribution in [0.5, 0.6) is 5.75 Å². The highest BCUT2D eigenvalue weighted by Gasteiger charge is 2.22. The van der Waals surface area contributed by atoms with Gasteiger partial charge in [-0.25, -0.2) is 0 Å². The van der Waals surface area contributed by atoms with E-state index in [9.17, 15) is 4.79 Å². The van der Waals surface area contributed by atoms with Gasteiger partial charge in [-0.3, -0.25) is 14.4 Å². The largest absolute Gasteiger partial charge is 0.490 e. The number of nitrogens with one attached hydrogen (secondary N) is 1. The van der Waals surface area contributed by atoms with E-state index in [0.717, 1.165) is 48.6 Å². The van der Waals surface area contributed by atoms with Crippen molar-refractivity contribution in [2.24, 2.45) is 7.05 Å². The molecule has 0 atom stereocenters. The van der Waals surface area contributed by atoms with Crippen LogP contribution in [0.3, 0.4) is 0 Å². The molecule has 1 amide bonds. The molecule has 1 aliphatic rings. The second-order valence-corrected chi connectivity index (χ2v) is 6.67. The zero-order valence-electron chi connectivity index (χ0n) is 15.6. The first-order valence-corrected chi connectivity index (χ1v) is 8.76. The Hall–Kier alpha value is -1.86. The lowest BCUT2D eigenvalue weighted by atomic mass is 10.1. The first-order chi connectivity index (χ1) is 12.0. The molecule has 0 aliphatic carbocycles. The Morgan fingerprint density at radius 1 is 1.27 bits per heavy atom. The molecule has 2 heterocycles. The summed E-state index contributed by atoms with van der Waals surface area (Å²) in [6, 6.07) is 8.11. The van der Waals surface area contributed by atoms with Gasteiger partial charge in [-0.2, -0.15) is 5.10 Å². The van der Waals surface area contributed by atoms with Gasteiger partial charge >= 0.3 is 0 Å². The molecular formula is C19H27BrN4O2. The minimum absolute atomic E-state index is 0. The van der Waals surface area contributed by atoms with Gasteiger partial charge in [0, 0.05) is 20.1 Å². The smallest absolute Gasteiger partial charge is 0.238 e. The van der Waals surface area contributed by atoms with Crippen molar-refractivity contribution in [3.63, 3.8) is 0 Å². The molecular weight excluding hydrogens is 396 g/mol. The van der Waals surface area contributed by atoms with Gasteiger partial charge in [0.1, 0.15) is 11.9 Å². The summed E-state index contributed by atoms with van der Waals surface area (Å²) in [5, 5.41) is 7.09. The second kappa shape index (κ2) is 9.19. The Bertz CT molecular complexity index is 739. The van der Waals surface area contributed by atoms with Crippen molar-refractivity contribution in [1.29, 1.82) is 0 Å². The molecule has 0 bridgehead atoms. The topological polar surface area (TPSA) is 59.4 Å². The summed E-state index contributed by atoms with van der Waals surface area (Å²) in [7, 11) is 1.87. The highest BCUT2D eigenvalue weighted by atomic mass is 79.9. The molecule has 1 N–H and O–H groups in total. The van der Waals surface area contributed by atoms with Crippen molar-refractivity contribution in [2.75, 3.05) is 25.0 Å². The number of carbonyl (C=O) groups excluding carboxylic acids is 1. The van der Waals surface area contributed by atoms with Gasteiger partial charge in [-0.05, 0) is 38.3 Å². The number of aromatic nitrogens is 2. The molecule has 7 heteroatoms.